The minimum atomic E-state index is -3.68. The van der Waals surface area contributed by atoms with E-state index < -0.39 is 30.6 Å². The molecule has 25 heavy (non-hydrogen) atoms. The number of alkyl halides is 8. The van der Waals surface area contributed by atoms with Crippen molar-refractivity contribution >= 4 is 102 Å². The van der Waals surface area contributed by atoms with Crippen molar-refractivity contribution in [1.82, 2.24) is 0 Å². The fraction of sp³-hybridized carbons (Fsp3) is 1.00. The summed E-state index contributed by atoms with van der Waals surface area (Å²) in [7, 11) is -3.68. The molecule has 0 radical (unpaired) electrons. The van der Waals surface area contributed by atoms with E-state index in [-0.39, 0.29) is 49.9 Å². The highest BCUT2D eigenvalue weighted by molar-refractivity contribution is 6.54. The Balaban J connectivity index is 5.11. The largest absolute Gasteiger partial charge is 0.679 e. The van der Waals surface area contributed by atoms with Crippen LogP contribution in [0.3, 0.4) is 0 Å². The van der Waals surface area contributed by atoms with Crippen molar-refractivity contribution in [2.24, 2.45) is 0 Å². The lowest BCUT2D eigenvalue weighted by Gasteiger charge is -2.30. The van der Waals surface area contributed by atoms with E-state index in [4.69, 9.17) is 111 Å². The molecule has 0 aromatic heterocycles. The first-order valence-electron chi connectivity index (χ1n) is 7.18. The summed E-state index contributed by atoms with van der Waals surface area (Å²) in [5.74, 6) is 0.688. The Morgan fingerprint density at radius 3 is 0.840 bits per heavy atom. The fourth-order valence-electron chi connectivity index (χ4n) is 1.20. The number of hydrogen-bond donors (Lipinski definition) is 0. The Bertz CT molecular complexity index is 272. The lowest BCUT2D eigenvalue weighted by Crippen LogP contribution is -2.53. The van der Waals surface area contributed by atoms with Gasteiger partial charge in [-0.3, -0.25) is 0 Å². The first-order valence-corrected chi connectivity index (χ1v) is 12.7. The van der Waals surface area contributed by atoms with Gasteiger partial charge in [0.1, 0.15) is 0 Å². The highest BCUT2D eigenvalue weighted by atomic mass is 35.5. The molecule has 0 saturated carbocycles. The van der Waals surface area contributed by atoms with Gasteiger partial charge in [0, 0.05) is 23.5 Å². The maximum Gasteiger partial charge on any atom is 0.679 e. The SMILES string of the molecule is ClCC(Cl)CO[Si](OCC(Cl)CCl)(OCC(Cl)CCl)OCC(Cl)CCl. The van der Waals surface area contributed by atoms with Crippen LogP contribution in [0.2, 0.25) is 0 Å². The zero-order valence-corrected chi connectivity index (χ0v) is 20.2. The van der Waals surface area contributed by atoms with E-state index in [1.54, 1.807) is 0 Å². The van der Waals surface area contributed by atoms with Gasteiger partial charge in [-0.2, -0.15) is 0 Å². The standard InChI is InChI=1S/C12H20Cl8O4Si/c13-1-9(17)5-21-25(22-6-10(18)2-14,23-7-11(19)3-15)24-8-12(20)4-16/h9-12H,1-8H2. The zero-order valence-electron chi connectivity index (χ0n) is 13.1. The van der Waals surface area contributed by atoms with Crippen molar-refractivity contribution in [2.45, 2.75) is 21.5 Å². The normalized spacial score (nSPS) is 19.2. The van der Waals surface area contributed by atoms with Crippen LogP contribution in [-0.4, -0.2) is 80.5 Å². The molecule has 4 unspecified atom stereocenters. The molecule has 0 aromatic rings. The summed E-state index contributed by atoms with van der Waals surface area (Å²) in [4.78, 5) is 0. The Morgan fingerprint density at radius 2 is 0.680 bits per heavy atom. The van der Waals surface area contributed by atoms with E-state index in [2.05, 4.69) is 0 Å². The van der Waals surface area contributed by atoms with E-state index in [0.29, 0.717) is 0 Å². The number of rotatable bonds is 16. The summed E-state index contributed by atoms with van der Waals surface area (Å²) in [6.45, 7) is 0.138. The first kappa shape index (κ1) is 27.4. The monoisotopic (exact) mass is 536 g/mol. The Labute approximate surface area is 190 Å². The van der Waals surface area contributed by atoms with Crippen molar-refractivity contribution in [3.8, 4) is 0 Å². The van der Waals surface area contributed by atoms with E-state index in [0.717, 1.165) is 0 Å². The third-order valence-corrected chi connectivity index (χ3v) is 7.76. The molecule has 0 N–H and O–H groups in total. The van der Waals surface area contributed by atoms with E-state index in [9.17, 15) is 0 Å². The summed E-state index contributed by atoms with van der Waals surface area (Å²) >= 11 is 46.8. The molecule has 0 saturated heterocycles. The first-order chi connectivity index (χ1) is 11.8. The molecule has 0 aliphatic carbocycles. The predicted molar refractivity (Wildman–Crippen MR) is 111 cm³/mol. The van der Waals surface area contributed by atoms with Gasteiger partial charge in [0.15, 0.2) is 0 Å². The predicted octanol–water partition coefficient (Wildman–Crippen LogP) is 4.87. The summed E-state index contributed by atoms with van der Waals surface area (Å²) in [5.41, 5.74) is 0. The van der Waals surface area contributed by atoms with Crippen LogP contribution in [0.4, 0.5) is 0 Å². The smallest absolute Gasteiger partial charge is 0.350 e. The lowest BCUT2D eigenvalue weighted by molar-refractivity contribution is -0.0327. The molecule has 0 spiro atoms. The molecule has 0 rings (SSSR count). The van der Waals surface area contributed by atoms with E-state index >= 15 is 0 Å². The quantitative estimate of drug-likeness (QED) is 0.207. The van der Waals surface area contributed by atoms with Gasteiger partial charge in [-0.05, 0) is 0 Å². The summed E-state index contributed by atoms with van der Waals surface area (Å²) in [6, 6.07) is 0. The average molecular weight is 540 g/mol. The van der Waals surface area contributed by atoms with Crippen molar-refractivity contribution in [1.29, 1.82) is 0 Å². The van der Waals surface area contributed by atoms with Gasteiger partial charge in [0.25, 0.3) is 0 Å². The highest BCUT2D eigenvalue weighted by Crippen LogP contribution is 2.19. The zero-order chi connectivity index (χ0) is 19.3. The second kappa shape index (κ2) is 16.2. The molecule has 0 amide bonds. The summed E-state index contributed by atoms with van der Waals surface area (Å²) < 4.78 is 22.9. The maximum atomic E-state index is 6.00. The van der Waals surface area contributed by atoms with Crippen molar-refractivity contribution in [3.05, 3.63) is 0 Å². The lowest BCUT2D eigenvalue weighted by atomic mass is 10.5. The van der Waals surface area contributed by atoms with Crippen LogP contribution >= 0.6 is 92.8 Å². The Kier molecular flexibility index (Phi) is 17.7. The van der Waals surface area contributed by atoms with Gasteiger partial charge in [-0.1, -0.05) is 0 Å². The van der Waals surface area contributed by atoms with Crippen molar-refractivity contribution in [3.63, 3.8) is 0 Å². The summed E-state index contributed by atoms with van der Waals surface area (Å²) in [6.07, 6.45) is 0. The minimum absolute atomic E-state index is 0.0345. The third kappa shape index (κ3) is 13.3. The molecule has 152 valence electrons. The Morgan fingerprint density at radius 1 is 0.480 bits per heavy atom. The van der Waals surface area contributed by atoms with Crippen molar-refractivity contribution < 1.29 is 17.7 Å². The molecule has 0 heterocycles. The molecule has 0 aliphatic rings. The van der Waals surface area contributed by atoms with Crippen LogP contribution in [0.25, 0.3) is 0 Å². The van der Waals surface area contributed by atoms with Crippen LogP contribution < -0.4 is 0 Å². The molecular weight excluding hydrogens is 520 g/mol. The minimum Gasteiger partial charge on any atom is -0.350 e. The van der Waals surface area contributed by atoms with Gasteiger partial charge < -0.3 is 17.7 Å². The van der Waals surface area contributed by atoms with Gasteiger partial charge in [-0.25, -0.2) is 0 Å². The van der Waals surface area contributed by atoms with Crippen LogP contribution in [0, 0.1) is 0 Å². The molecule has 0 fully saturated rings. The van der Waals surface area contributed by atoms with Crippen LogP contribution in [0.15, 0.2) is 0 Å². The molecule has 0 bridgehead atoms. The molecular formula is C12H20Cl8O4Si. The molecule has 4 nitrogen and oxygen atoms in total. The van der Waals surface area contributed by atoms with Gasteiger partial charge in [0.2, 0.25) is 0 Å². The third-order valence-electron chi connectivity index (χ3n) is 2.43. The van der Waals surface area contributed by atoms with E-state index in [1.165, 1.54) is 0 Å². The molecule has 13 heteroatoms. The number of halogens is 8. The number of hydrogen-bond acceptors (Lipinski definition) is 4. The van der Waals surface area contributed by atoms with E-state index in [1.807, 2.05) is 0 Å². The van der Waals surface area contributed by atoms with Crippen LogP contribution in [-0.2, 0) is 17.7 Å². The Hall–Kier alpha value is 2.38. The van der Waals surface area contributed by atoms with Crippen LogP contribution in [0.1, 0.15) is 0 Å². The second-order valence-electron chi connectivity index (χ2n) is 4.75. The highest BCUT2D eigenvalue weighted by Gasteiger charge is 2.47. The van der Waals surface area contributed by atoms with Crippen molar-refractivity contribution in [2.75, 3.05) is 49.9 Å². The second-order valence-corrected chi connectivity index (χ2v) is 10.6. The van der Waals surface area contributed by atoms with Crippen LogP contribution in [0.5, 0.6) is 0 Å². The fourth-order valence-corrected chi connectivity index (χ4v) is 4.35. The topological polar surface area (TPSA) is 36.9 Å². The molecule has 0 aromatic carbocycles. The summed E-state index contributed by atoms with van der Waals surface area (Å²) in [5, 5.41) is -1.87. The van der Waals surface area contributed by atoms with Gasteiger partial charge in [-0.15, -0.1) is 92.8 Å². The maximum absolute atomic E-state index is 6.00. The molecule has 0 aliphatic heterocycles. The van der Waals surface area contributed by atoms with Gasteiger partial charge in [0.05, 0.1) is 47.9 Å². The molecule has 4 atom stereocenters. The average Bonchev–Trinajstić information content (AvgIpc) is 2.65. The van der Waals surface area contributed by atoms with Gasteiger partial charge >= 0.3 is 9.05 Å².